The van der Waals surface area contributed by atoms with E-state index < -0.39 is 0 Å². The molecular weight excluding hydrogens is 534 g/mol. The molecule has 6 nitrogen and oxygen atoms in total. The molecule has 0 aliphatic rings. The van der Waals surface area contributed by atoms with Crippen LogP contribution in [0.25, 0.3) is 10.9 Å². The molecule has 0 aliphatic heterocycles. The summed E-state index contributed by atoms with van der Waals surface area (Å²) in [6.45, 7) is 8.72. The third-order valence-corrected chi connectivity index (χ3v) is 7.56. The molecule has 0 bridgehead atoms. The molecular formula is C34H38ClN3O3. The van der Waals surface area contributed by atoms with E-state index in [4.69, 9.17) is 26.3 Å². The van der Waals surface area contributed by atoms with Gasteiger partial charge in [-0.2, -0.15) is 0 Å². The molecule has 4 aromatic rings. The quantitative estimate of drug-likeness (QED) is 0.177. The van der Waals surface area contributed by atoms with Crippen LogP contribution in [-0.2, 0) is 16.0 Å². The molecule has 0 aliphatic carbocycles. The van der Waals surface area contributed by atoms with Crippen LogP contribution in [-0.4, -0.2) is 35.0 Å². The highest BCUT2D eigenvalue weighted by molar-refractivity contribution is 6.30. The maximum Gasteiger partial charge on any atom is 0.307 e. The van der Waals surface area contributed by atoms with Gasteiger partial charge in [-0.25, -0.2) is 9.97 Å². The number of halogens is 1. The van der Waals surface area contributed by atoms with Gasteiger partial charge in [-0.3, -0.25) is 9.59 Å². The summed E-state index contributed by atoms with van der Waals surface area (Å²) in [6, 6.07) is 22.0. The fraction of sp³-hybridized carbons (Fsp3) is 0.353. The molecule has 4 rings (SSSR count). The standard InChI is InChI=1S/C34H38ClN3O3/c1-5-8-27(23-10-12-25(13-11-23)34(40)36-20-19-31(39)41-7-3)32(24-14-16-26(35)17-15-24)33-37-29(6-2)28-21-22(4)9-18-30(28)38-33/h9-18,21,27,32H,5-8,19-20H2,1-4H3,(H,36,40). The normalized spacial score (nSPS) is 12.6. The topological polar surface area (TPSA) is 81.2 Å². The summed E-state index contributed by atoms with van der Waals surface area (Å²) in [5, 5.41) is 4.58. The van der Waals surface area contributed by atoms with Crippen molar-refractivity contribution in [1.82, 2.24) is 15.3 Å². The zero-order chi connectivity index (χ0) is 29.4. The average Bonchev–Trinajstić information content (AvgIpc) is 2.97. The number of carbonyl (C=O) groups is 2. The largest absolute Gasteiger partial charge is 0.466 e. The first-order valence-electron chi connectivity index (χ1n) is 14.4. The van der Waals surface area contributed by atoms with Crippen molar-refractivity contribution in [3.63, 3.8) is 0 Å². The number of aromatic nitrogens is 2. The van der Waals surface area contributed by atoms with E-state index in [9.17, 15) is 9.59 Å². The molecule has 0 fully saturated rings. The zero-order valence-corrected chi connectivity index (χ0v) is 25.0. The van der Waals surface area contributed by atoms with Gasteiger partial charge in [0, 0.05) is 22.5 Å². The summed E-state index contributed by atoms with van der Waals surface area (Å²) in [5.41, 5.74) is 5.93. The fourth-order valence-corrected chi connectivity index (χ4v) is 5.42. The first kappa shape index (κ1) is 30.2. The van der Waals surface area contributed by atoms with Crippen LogP contribution in [0.2, 0.25) is 5.02 Å². The lowest BCUT2D eigenvalue weighted by Gasteiger charge is -2.28. The van der Waals surface area contributed by atoms with Gasteiger partial charge in [-0.1, -0.05) is 67.8 Å². The molecule has 7 heteroatoms. The van der Waals surface area contributed by atoms with E-state index in [1.807, 2.05) is 36.4 Å². The lowest BCUT2D eigenvalue weighted by atomic mass is 9.78. The predicted octanol–water partition coefficient (Wildman–Crippen LogP) is 7.55. The van der Waals surface area contributed by atoms with E-state index in [0.29, 0.717) is 17.2 Å². The summed E-state index contributed by atoms with van der Waals surface area (Å²) in [4.78, 5) is 34.6. The maximum absolute atomic E-state index is 12.7. The molecule has 0 saturated heterocycles. The molecule has 1 heterocycles. The van der Waals surface area contributed by atoms with Gasteiger partial charge < -0.3 is 10.1 Å². The Morgan fingerprint density at radius 2 is 1.63 bits per heavy atom. The number of fused-ring (bicyclic) bond motifs is 1. The van der Waals surface area contributed by atoms with Crippen molar-refractivity contribution in [2.45, 2.75) is 65.2 Å². The average molecular weight is 572 g/mol. The Morgan fingerprint density at radius 3 is 2.29 bits per heavy atom. The molecule has 1 N–H and O–H groups in total. The van der Waals surface area contributed by atoms with E-state index >= 15 is 0 Å². The lowest BCUT2D eigenvalue weighted by molar-refractivity contribution is -0.142. The molecule has 1 aromatic heterocycles. The molecule has 41 heavy (non-hydrogen) atoms. The molecule has 2 atom stereocenters. The number of nitrogens with zero attached hydrogens (tertiary/aromatic N) is 2. The van der Waals surface area contributed by atoms with Crippen molar-refractivity contribution in [1.29, 1.82) is 0 Å². The minimum atomic E-state index is -0.323. The van der Waals surface area contributed by atoms with Crippen LogP contribution in [0.3, 0.4) is 0 Å². The Bertz CT molecular complexity index is 1490. The lowest BCUT2D eigenvalue weighted by Crippen LogP contribution is -2.26. The van der Waals surface area contributed by atoms with Crippen LogP contribution in [0.4, 0.5) is 0 Å². The van der Waals surface area contributed by atoms with E-state index in [-0.39, 0.29) is 36.7 Å². The van der Waals surface area contributed by atoms with Gasteiger partial charge in [0.05, 0.1) is 30.2 Å². The summed E-state index contributed by atoms with van der Waals surface area (Å²) in [5.74, 6) is 0.223. The SMILES string of the molecule is CCCC(c1ccc(C(=O)NCCC(=O)OCC)cc1)C(c1ccc(Cl)cc1)c1nc(CC)c2cc(C)ccc2n1. The number of benzene rings is 3. The van der Waals surface area contributed by atoms with Crippen molar-refractivity contribution >= 4 is 34.4 Å². The summed E-state index contributed by atoms with van der Waals surface area (Å²) >= 11 is 6.28. The Morgan fingerprint density at radius 1 is 0.927 bits per heavy atom. The number of nitrogens with one attached hydrogen (secondary N) is 1. The van der Waals surface area contributed by atoms with Crippen LogP contribution in [0.1, 0.15) is 90.4 Å². The third-order valence-electron chi connectivity index (χ3n) is 7.31. The Balaban J connectivity index is 1.70. The number of hydrogen-bond donors (Lipinski definition) is 1. The van der Waals surface area contributed by atoms with Crippen molar-refractivity contribution in [3.8, 4) is 0 Å². The minimum absolute atomic E-state index is 0.0784. The van der Waals surface area contributed by atoms with Gasteiger partial charge in [-0.05, 0) is 80.1 Å². The predicted molar refractivity (Wildman–Crippen MR) is 165 cm³/mol. The monoisotopic (exact) mass is 571 g/mol. The van der Waals surface area contributed by atoms with Crippen LogP contribution in [0.15, 0.2) is 66.7 Å². The number of carbonyl (C=O) groups excluding carboxylic acids is 2. The molecule has 2 unspecified atom stereocenters. The number of rotatable bonds is 12. The van der Waals surface area contributed by atoms with Crippen molar-refractivity contribution in [2.24, 2.45) is 0 Å². The molecule has 0 radical (unpaired) electrons. The van der Waals surface area contributed by atoms with Crippen molar-refractivity contribution in [3.05, 3.63) is 106 Å². The summed E-state index contributed by atoms with van der Waals surface area (Å²) < 4.78 is 4.93. The van der Waals surface area contributed by atoms with Crippen LogP contribution >= 0.6 is 11.6 Å². The van der Waals surface area contributed by atoms with E-state index in [0.717, 1.165) is 52.8 Å². The molecule has 1 amide bonds. The molecule has 0 saturated carbocycles. The summed E-state index contributed by atoms with van der Waals surface area (Å²) in [7, 11) is 0. The van der Waals surface area contributed by atoms with Crippen LogP contribution in [0.5, 0.6) is 0 Å². The van der Waals surface area contributed by atoms with Crippen molar-refractivity contribution < 1.29 is 14.3 Å². The highest BCUT2D eigenvalue weighted by atomic mass is 35.5. The van der Waals surface area contributed by atoms with Crippen LogP contribution < -0.4 is 5.32 Å². The van der Waals surface area contributed by atoms with Gasteiger partial charge in [0.25, 0.3) is 5.91 Å². The molecule has 214 valence electrons. The Labute approximate surface area is 247 Å². The first-order chi connectivity index (χ1) is 19.8. The van der Waals surface area contributed by atoms with Crippen LogP contribution in [0, 0.1) is 6.92 Å². The number of aryl methyl sites for hydroxylation is 2. The second-order valence-electron chi connectivity index (χ2n) is 10.3. The van der Waals surface area contributed by atoms with E-state index in [1.54, 1.807) is 6.92 Å². The second kappa shape index (κ2) is 14.2. The van der Waals surface area contributed by atoms with Gasteiger partial charge in [-0.15, -0.1) is 0 Å². The highest BCUT2D eigenvalue weighted by Gasteiger charge is 2.29. The maximum atomic E-state index is 12.7. The smallest absolute Gasteiger partial charge is 0.307 e. The summed E-state index contributed by atoms with van der Waals surface area (Å²) in [6.07, 6.45) is 2.83. The van der Waals surface area contributed by atoms with Gasteiger partial charge in [0.2, 0.25) is 0 Å². The number of esters is 1. The first-order valence-corrected chi connectivity index (χ1v) is 14.8. The molecule has 0 spiro atoms. The van der Waals surface area contributed by atoms with E-state index in [2.05, 4.69) is 56.4 Å². The zero-order valence-electron chi connectivity index (χ0n) is 24.2. The minimum Gasteiger partial charge on any atom is -0.466 e. The fourth-order valence-electron chi connectivity index (χ4n) is 5.30. The van der Waals surface area contributed by atoms with Gasteiger partial charge >= 0.3 is 5.97 Å². The number of ether oxygens (including phenoxy) is 1. The van der Waals surface area contributed by atoms with E-state index in [1.165, 1.54) is 5.56 Å². The molecule has 3 aromatic carbocycles. The second-order valence-corrected chi connectivity index (χ2v) is 10.7. The van der Waals surface area contributed by atoms with Crippen molar-refractivity contribution in [2.75, 3.05) is 13.2 Å². The Hall–Kier alpha value is -3.77. The Kier molecular flexibility index (Phi) is 10.5. The van der Waals surface area contributed by atoms with Gasteiger partial charge in [0.15, 0.2) is 0 Å². The highest BCUT2D eigenvalue weighted by Crippen LogP contribution is 2.41. The third kappa shape index (κ3) is 7.50. The number of amides is 1. The van der Waals surface area contributed by atoms with Gasteiger partial charge in [0.1, 0.15) is 5.82 Å². The number of hydrogen-bond acceptors (Lipinski definition) is 5.